The third-order valence-electron chi connectivity index (χ3n) is 1.65. The molecule has 0 aliphatic heterocycles. The Labute approximate surface area is 82.3 Å². The lowest BCUT2D eigenvalue weighted by Crippen LogP contribution is -2.15. The Morgan fingerprint density at radius 2 is 2.29 bits per heavy atom. The van der Waals surface area contributed by atoms with Crippen LogP contribution in [0, 0.1) is 0 Å². The van der Waals surface area contributed by atoms with Crippen LogP contribution < -0.4 is 5.43 Å². The zero-order valence-electron chi connectivity index (χ0n) is 7.90. The quantitative estimate of drug-likeness (QED) is 0.559. The molecule has 0 radical (unpaired) electrons. The first-order valence-corrected chi connectivity index (χ1v) is 4.34. The molecule has 1 amide bonds. The summed E-state index contributed by atoms with van der Waals surface area (Å²) in [5.74, 6) is -0.0151. The van der Waals surface area contributed by atoms with E-state index in [1.165, 1.54) is 6.21 Å². The molecule has 4 nitrogen and oxygen atoms in total. The summed E-state index contributed by atoms with van der Waals surface area (Å²) in [5.41, 5.74) is 2.90. The minimum absolute atomic E-state index is 0.141. The second-order valence-corrected chi connectivity index (χ2v) is 2.71. The number of amides is 1. The Morgan fingerprint density at radius 1 is 1.57 bits per heavy atom. The maximum absolute atomic E-state index is 10.8. The lowest BCUT2D eigenvalue weighted by atomic mass is 10.2. The molecular formula is C10H12N2O2. The number of aromatic hydroxyl groups is 1. The van der Waals surface area contributed by atoms with Crippen molar-refractivity contribution in [3.05, 3.63) is 29.8 Å². The zero-order chi connectivity index (χ0) is 10.4. The predicted molar refractivity (Wildman–Crippen MR) is 54.1 cm³/mol. The van der Waals surface area contributed by atoms with Gasteiger partial charge in [0.05, 0.1) is 6.21 Å². The van der Waals surface area contributed by atoms with E-state index in [-0.39, 0.29) is 11.7 Å². The van der Waals surface area contributed by atoms with Gasteiger partial charge in [0, 0.05) is 12.0 Å². The minimum Gasteiger partial charge on any atom is -0.507 e. The van der Waals surface area contributed by atoms with Gasteiger partial charge in [0.25, 0.3) is 0 Å². The molecule has 0 spiro atoms. The molecule has 4 heteroatoms. The average Bonchev–Trinajstić information content (AvgIpc) is 2.20. The summed E-state index contributed by atoms with van der Waals surface area (Å²) in [4.78, 5) is 10.8. The predicted octanol–water partition coefficient (Wildman–Crippen LogP) is 1.25. The highest BCUT2D eigenvalue weighted by atomic mass is 16.3. The number of nitrogens with zero attached hydrogens (tertiary/aromatic N) is 1. The molecule has 1 aromatic rings. The van der Waals surface area contributed by atoms with E-state index in [1.807, 2.05) is 0 Å². The van der Waals surface area contributed by atoms with E-state index in [9.17, 15) is 9.90 Å². The molecular weight excluding hydrogens is 180 g/mol. The summed E-state index contributed by atoms with van der Waals surface area (Å²) in [5, 5.41) is 13.0. The Bertz CT molecular complexity index is 348. The molecule has 2 N–H and O–H groups in total. The van der Waals surface area contributed by atoms with Crippen molar-refractivity contribution in [1.82, 2.24) is 5.43 Å². The van der Waals surface area contributed by atoms with Gasteiger partial charge in [-0.3, -0.25) is 4.79 Å². The summed E-state index contributed by atoms with van der Waals surface area (Å²) in [7, 11) is 0. The van der Waals surface area contributed by atoms with E-state index in [0.717, 1.165) is 0 Å². The molecule has 0 atom stereocenters. The third-order valence-corrected chi connectivity index (χ3v) is 1.65. The van der Waals surface area contributed by atoms with Crippen molar-refractivity contribution in [2.45, 2.75) is 13.3 Å². The molecule has 1 aromatic carbocycles. The van der Waals surface area contributed by atoms with Gasteiger partial charge in [-0.2, -0.15) is 5.10 Å². The highest BCUT2D eigenvalue weighted by Crippen LogP contribution is 2.12. The fraction of sp³-hybridized carbons (Fsp3) is 0.200. The maximum Gasteiger partial charge on any atom is 0.239 e. The van der Waals surface area contributed by atoms with Crippen LogP contribution in [0.1, 0.15) is 18.9 Å². The molecule has 0 unspecified atom stereocenters. The Hall–Kier alpha value is -1.84. The van der Waals surface area contributed by atoms with Gasteiger partial charge < -0.3 is 5.11 Å². The second kappa shape index (κ2) is 5.01. The number of benzene rings is 1. The largest absolute Gasteiger partial charge is 0.507 e. The van der Waals surface area contributed by atoms with Gasteiger partial charge in [-0.25, -0.2) is 5.43 Å². The number of hydrogen-bond donors (Lipinski definition) is 2. The van der Waals surface area contributed by atoms with E-state index < -0.39 is 0 Å². The van der Waals surface area contributed by atoms with Crippen LogP contribution in [-0.2, 0) is 4.79 Å². The normalized spacial score (nSPS) is 10.4. The Kier molecular flexibility index (Phi) is 3.67. The van der Waals surface area contributed by atoms with Gasteiger partial charge in [-0.05, 0) is 12.1 Å². The lowest BCUT2D eigenvalue weighted by molar-refractivity contribution is -0.120. The molecule has 1 rings (SSSR count). The number of para-hydroxylation sites is 1. The molecule has 74 valence electrons. The van der Waals surface area contributed by atoms with Crippen molar-refractivity contribution in [1.29, 1.82) is 0 Å². The van der Waals surface area contributed by atoms with Crippen LogP contribution in [0.5, 0.6) is 5.75 Å². The number of carbonyl (C=O) groups is 1. The van der Waals surface area contributed by atoms with Gasteiger partial charge in [0.2, 0.25) is 5.91 Å². The summed E-state index contributed by atoms with van der Waals surface area (Å²) in [6, 6.07) is 6.76. The van der Waals surface area contributed by atoms with E-state index in [1.54, 1.807) is 31.2 Å². The van der Waals surface area contributed by atoms with Crippen molar-refractivity contribution >= 4 is 12.1 Å². The van der Waals surface area contributed by atoms with Gasteiger partial charge in [-0.1, -0.05) is 19.1 Å². The summed E-state index contributed by atoms with van der Waals surface area (Å²) in [6.07, 6.45) is 1.79. The molecule has 0 aliphatic carbocycles. The molecule has 14 heavy (non-hydrogen) atoms. The number of carbonyl (C=O) groups excluding carboxylic acids is 1. The van der Waals surface area contributed by atoms with Gasteiger partial charge >= 0.3 is 0 Å². The van der Waals surface area contributed by atoms with Crippen molar-refractivity contribution in [3.63, 3.8) is 0 Å². The number of nitrogens with one attached hydrogen (secondary N) is 1. The van der Waals surface area contributed by atoms with Gasteiger partial charge in [0.15, 0.2) is 0 Å². The van der Waals surface area contributed by atoms with Crippen molar-refractivity contribution < 1.29 is 9.90 Å². The van der Waals surface area contributed by atoms with Gasteiger partial charge in [-0.15, -0.1) is 0 Å². The number of hydrazone groups is 1. The molecule has 0 aromatic heterocycles. The molecule has 0 fully saturated rings. The van der Waals surface area contributed by atoms with E-state index >= 15 is 0 Å². The van der Waals surface area contributed by atoms with E-state index in [2.05, 4.69) is 10.5 Å². The molecule has 0 aliphatic rings. The first-order valence-electron chi connectivity index (χ1n) is 4.34. The van der Waals surface area contributed by atoms with Crippen LogP contribution in [0.4, 0.5) is 0 Å². The summed E-state index contributed by atoms with van der Waals surface area (Å²) < 4.78 is 0. The summed E-state index contributed by atoms with van der Waals surface area (Å²) >= 11 is 0. The van der Waals surface area contributed by atoms with Crippen LogP contribution in [0.3, 0.4) is 0 Å². The average molecular weight is 192 g/mol. The van der Waals surface area contributed by atoms with E-state index in [4.69, 9.17) is 0 Å². The number of phenolic OH excluding ortho intramolecular Hbond substituents is 1. The summed E-state index contributed by atoms with van der Waals surface area (Å²) in [6.45, 7) is 1.74. The van der Waals surface area contributed by atoms with Gasteiger partial charge in [0.1, 0.15) is 5.75 Å². The molecule has 0 bridgehead atoms. The maximum atomic E-state index is 10.8. The van der Waals surface area contributed by atoms with Crippen LogP contribution in [-0.4, -0.2) is 17.2 Å². The topological polar surface area (TPSA) is 61.7 Å². The second-order valence-electron chi connectivity index (χ2n) is 2.71. The van der Waals surface area contributed by atoms with Crippen LogP contribution in [0.25, 0.3) is 0 Å². The number of hydrogen-bond acceptors (Lipinski definition) is 3. The standard InChI is InChI=1S/C10H12N2O2/c1-2-10(14)12-11-7-8-5-3-4-6-9(8)13/h3-7,13H,2H2,1H3,(H,12,14)/b11-7-. The first-order chi connectivity index (χ1) is 6.74. The van der Waals surface area contributed by atoms with Crippen molar-refractivity contribution in [2.24, 2.45) is 5.10 Å². The molecule has 0 heterocycles. The number of rotatable bonds is 3. The molecule has 0 saturated carbocycles. The van der Waals surface area contributed by atoms with E-state index in [0.29, 0.717) is 12.0 Å². The van der Waals surface area contributed by atoms with Crippen molar-refractivity contribution in [2.75, 3.05) is 0 Å². The highest BCUT2D eigenvalue weighted by molar-refractivity contribution is 5.84. The number of phenols is 1. The third kappa shape index (κ3) is 2.90. The SMILES string of the molecule is CCC(=O)N/N=C\c1ccccc1O. The Morgan fingerprint density at radius 3 is 2.93 bits per heavy atom. The fourth-order valence-corrected chi connectivity index (χ4v) is 0.850. The smallest absolute Gasteiger partial charge is 0.239 e. The Balaban J connectivity index is 2.60. The minimum atomic E-state index is -0.156. The van der Waals surface area contributed by atoms with Crippen LogP contribution in [0.15, 0.2) is 29.4 Å². The fourth-order valence-electron chi connectivity index (χ4n) is 0.850. The lowest BCUT2D eigenvalue weighted by Gasteiger charge is -1.97. The van der Waals surface area contributed by atoms with Crippen LogP contribution >= 0.6 is 0 Å². The monoisotopic (exact) mass is 192 g/mol. The first kappa shape index (κ1) is 10.2. The zero-order valence-corrected chi connectivity index (χ0v) is 7.90. The van der Waals surface area contributed by atoms with Crippen molar-refractivity contribution in [3.8, 4) is 5.75 Å². The molecule has 0 saturated heterocycles. The van der Waals surface area contributed by atoms with Crippen LogP contribution in [0.2, 0.25) is 0 Å². The highest BCUT2D eigenvalue weighted by Gasteiger charge is 1.95.